The van der Waals surface area contributed by atoms with Gasteiger partial charge in [0.1, 0.15) is 12.4 Å². The summed E-state index contributed by atoms with van der Waals surface area (Å²) in [4.78, 5) is 33.9. The second-order valence-electron chi connectivity index (χ2n) is 10.2. The number of hydrogen-bond donors (Lipinski definition) is 1. The van der Waals surface area contributed by atoms with Crippen molar-refractivity contribution in [3.63, 3.8) is 0 Å². The highest BCUT2D eigenvalue weighted by atomic mass is 19.1. The monoisotopic (exact) mass is 543 g/mol. The van der Waals surface area contributed by atoms with E-state index in [0.717, 1.165) is 40.4 Å². The fraction of sp³-hybridized carbons (Fsp3) is 0.312. The number of amides is 2. The number of nitrogens with zero attached hydrogens (tertiary/aromatic N) is 2. The largest absolute Gasteiger partial charge is 0.493 e. The summed E-state index contributed by atoms with van der Waals surface area (Å²) in [6, 6.07) is 19.7. The minimum Gasteiger partial charge on any atom is -0.493 e. The number of carbonyl (C=O) groups is 2. The molecule has 1 fully saturated rings. The number of aromatic amines is 1. The molecule has 0 spiro atoms. The van der Waals surface area contributed by atoms with Crippen molar-refractivity contribution in [3.8, 4) is 11.5 Å². The van der Waals surface area contributed by atoms with Gasteiger partial charge in [-0.2, -0.15) is 0 Å². The van der Waals surface area contributed by atoms with Gasteiger partial charge in [-0.15, -0.1) is 0 Å². The number of para-hydroxylation sites is 1. The molecule has 0 bridgehead atoms. The van der Waals surface area contributed by atoms with E-state index in [1.54, 1.807) is 31.3 Å². The summed E-state index contributed by atoms with van der Waals surface area (Å²) < 4.78 is 24.2. The summed E-state index contributed by atoms with van der Waals surface area (Å²) in [6.45, 7) is 0.859. The number of aromatic nitrogens is 1. The average Bonchev–Trinajstić information content (AvgIpc) is 3.74. The summed E-state index contributed by atoms with van der Waals surface area (Å²) in [7, 11) is 3.17. The molecule has 8 heteroatoms. The van der Waals surface area contributed by atoms with Gasteiger partial charge >= 0.3 is 0 Å². The first-order chi connectivity index (χ1) is 19.4. The number of benzene rings is 3. The standard InChI is InChI=1S/C32H34FN3O4/c1-39-29-14-9-23(17-30(29)40-2)20-35(16-15-24-19-34-28-6-4-3-5-27(24)28)32(38)21-36(26-12-13-26)31(37)18-22-7-10-25(33)11-8-22/h3-11,14,17,19,26,34H,12-13,15-16,18,20-21H2,1-2H3. The Kier molecular flexibility index (Phi) is 8.34. The summed E-state index contributed by atoms with van der Waals surface area (Å²) in [5.41, 5.74) is 3.82. The van der Waals surface area contributed by atoms with E-state index in [9.17, 15) is 14.0 Å². The van der Waals surface area contributed by atoms with Crippen molar-refractivity contribution < 1.29 is 23.5 Å². The zero-order chi connectivity index (χ0) is 28.1. The van der Waals surface area contributed by atoms with Crippen LogP contribution in [0.4, 0.5) is 4.39 Å². The Morgan fingerprint density at radius 1 is 0.925 bits per heavy atom. The van der Waals surface area contributed by atoms with Crippen molar-refractivity contribution in [1.29, 1.82) is 0 Å². The molecule has 0 atom stereocenters. The van der Waals surface area contributed by atoms with E-state index in [4.69, 9.17) is 9.47 Å². The molecule has 1 aliphatic rings. The van der Waals surface area contributed by atoms with E-state index < -0.39 is 0 Å². The fourth-order valence-corrected chi connectivity index (χ4v) is 5.02. The molecule has 1 saturated carbocycles. The van der Waals surface area contributed by atoms with Crippen LogP contribution in [0, 0.1) is 5.82 Å². The number of fused-ring (bicyclic) bond motifs is 1. The first-order valence-corrected chi connectivity index (χ1v) is 13.5. The predicted molar refractivity (Wildman–Crippen MR) is 152 cm³/mol. The third-order valence-corrected chi connectivity index (χ3v) is 7.38. The second kappa shape index (κ2) is 12.2. The Morgan fingerprint density at radius 3 is 2.38 bits per heavy atom. The van der Waals surface area contributed by atoms with Gasteiger partial charge in [-0.25, -0.2) is 4.39 Å². The minimum absolute atomic E-state index is 0.00582. The highest BCUT2D eigenvalue weighted by molar-refractivity contribution is 5.87. The van der Waals surface area contributed by atoms with Crippen molar-refractivity contribution in [1.82, 2.24) is 14.8 Å². The summed E-state index contributed by atoms with van der Waals surface area (Å²) in [5.74, 6) is 0.637. The van der Waals surface area contributed by atoms with E-state index in [1.165, 1.54) is 12.1 Å². The molecule has 3 aromatic carbocycles. The van der Waals surface area contributed by atoms with Gasteiger partial charge in [0.15, 0.2) is 11.5 Å². The van der Waals surface area contributed by atoms with E-state index in [-0.39, 0.29) is 36.6 Å². The third-order valence-electron chi connectivity index (χ3n) is 7.38. The molecule has 40 heavy (non-hydrogen) atoms. The average molecular weight is 544 g/mol. The van der Waals surface area contributed by atoms with Gasteiger partial charge in [0.25, 0.3) is 0 Å². The maximum Gasteiger partial charge on any atom is 0.242 e. The number of methoxy groups -OCH3 is 2. The SMILES string of the molecule is COc1ccc(CN(CCc2c[nH]c3ccccc23)C(=O)CN(C(=O)Cc2ccc(F)cc2)C2CC2)cc1OC. The molecule has 1 N–H and O–H groups in total. The highest BCUT2D eigenvalue weighted by Crippen LogP contribution is 2.30. The van der Waals surface area contributed by atoms with Crippen LogP contribution in [0.25, 0.3) is 10.9 Å². The molecule has 0 unspecified atom stereocenters. The van der Waals surface area contributed by atoms with Crippen molar-refractivity contribution in [2.75, 3.05) is 27.3 Å². The zero-order valence-corrected chi connectivity index (χ0v) is 22.9. The van der Waals surface area contributed by atoms with Crippen molar-refractivity contribution >= 4 is 22.7 Å². The Hall–Kier alpha value is -4.33. The Morgan fingerprint density at radius 2 is 1.65 bits per heavy atom. The Balaban J connectivity index is 1.34. The number of hydrogen-bond acceptors (Lipinski definition) is 4. The molecule has 5 rings (SSSR count). The van der Waals surface area contributed by atoms with Gasteiger partial charge in [0.05, 0.1) is 20.6 Å². The van der Waals surface area contributed by atoms with Crippen LogP contribution in [0.15, 0.2) is 72.9 Å². The molecule has 1 aliphatic carbocycles. The Labute approximate surface area is 233 Å². The lowest BCUT2D eigenvalue weighted by Crippen LogP contribution is -2.44. The van der Waals surface area contributed by atoms with Gasteiger partial charge in [-0.05, 0) is 66.3 Å². The quantitative estimate of drug-likeness (QED) is 0.269. The molecule has 0 radical (unpaired) electrons. The lowest BCUT2D eigenvalue weighted by molar-refractivity contribution is -0.141. The third kappa shape index (κ3) is 6.45. The summed E-state index contributed by atoms with van der Waals surface area (Å²) in [5, 5.41) is 1.13. The normalized spacial score (nSPS) is 12.8. The van der Waals surface area contributed by atoms with Crippen molar-refractivity contribution in [2.24, 2.45) is 0 Å². The first kappa shape index (κ1) is 27.2. The summed E-state index contributed by atoms with van der Waals surface area (Å²) in [6.07, 6.45) is 4.55. The van der Waals surface area contributed by atoms with E-state index in [1.807, 2.05) is 47.5 Å². The number of rotatable bonds is 12. The zero-order valence-electron chi connectivity index (χ0n) is 22.9. The van der Waals surface area contributed by atoms with E-state index in [2.05, 4.69) is 11.1 Å². The van der Waals surface area contributed by atoms with Crippen LogP contribution >= 0.6 is 0 Å². The van der Waals surface area contributed by atoms with Crippen LogP contribution < -0.4 is 9.47 Å². The van der Waals surface area contributed by atoms with Gasteiger partial charge in [0, 0.05) is 36.2 Å². The number of H-pyrrole nitrogens is 1. The molecule has 0 aliphatic heterocycles. The number of ether oxygens (including phenoxy) is 2. The molecule has 7 nitrogen and oxygen atoms in total. The molecular formula is C32H34FN3O4. The molecule has 208 valence electrons. The lowest BCUT2D eigenvalue weighted by Gasteiger charge is -2.28. The van der Waals surface area contributed by atoms with Crippen molar-refractivity contribution in [3.05, 3.63) is 95.4 Å². The van der Waals surface area contributed by atoms with Crippen LogP contribution in [0.3, 0.4) is 0 Å². The molecule has 1 heterocycles. The maximum absolute atomic E-state index is 13.8. The lowest BCUT2D eigenvalue weighted by atomic mass is 10.1. The van der Waals surface area contributed by atoms with Crippen LogP contribution in [0.5, 0.6) is 11.5 Å². The van der Waals surface area contributed by atoms with E-state index >= 15 is 0 Å². The Bertz CT molecular complexity index is 1480. The number of carbonyl (C=O) groups excluding carboxylic acids is 2. The highest BCUT2D eigenvalue weighted by Gasteiger charge is 2.34. The maximum atomic E-state index is 13.8. The number of halogens is 1. The second-order valence-corrected chi connectivity index (χ2v) is 10.2. The minimum atomic E-state index is -0.341. The summed E-state index contributed by atoms with van der Waals surface area (Å²) >= 11 is 0. The van der Waals surface area contributed by atoms with Crippen molar-refractivity contribution in [2.45, 2.75) is 38.3 Å². The smallest absolute Gasteiger partial charge is 0.242 e. The fourth-order valence-electron chi connectivity index (χ4n) is 5.02. The molecule has 1 aromatic heterocycles. The predicted octanol–water partition coefficient (Wildman–Crippen LogP) is 5.13. The van der Waals surface area contributed by atoms with Gasteiger partial charge in [0.2, 0.25) is 11.8 Å². The van der Waals surface area contributed by atoms with Gasteiger partial charge in [-0.3, -0.25) is 9.59 Å². The topological polar surface area (TPSA) is 74.9 Å². The molecule has 0 saturated heterocycles. The van der Waals surface area contributed by atoms with Crippen LogP contribution in [0.1, 0.15) is 29.5 Å². The molecule has 2 amide bonds. The number of nitrogens with one attached hydrogen (secondary N) is 1. The molecular weight excluding hydrogens is 509 g/mol. The van der Waals surface area contributed by atoms with Crippen LogP contribution in [-0.4, -0.2) is 59.9 Å². The first-order valence-electron chi connectivity index (χ1n) is 13.5. The van der Waals surface area contributed by atoms with E-state index in [0.29, 0.717) is 31.0 Å². The van der Waals surface area contributed by atoms with Gasteiger partial charge < -0.3 is 24.3 Å². The van der Waals surface area contributed by atoms with Crippen LogP contribution in [0.2, 0.25) is 0 Å². The van der Waals surface area contributed by atoms with Crippen LogP contribution in [-0.2, 0) is 29.0 Å². The molecule has 4 aromatic rings. The van der Waals surface area contributed by atoms with Gasteiger partial charge in [-0.1, -0.05) is 36.4 Å².